The van der Waals surface area contributed by atoms with Gasteiger partial charge in [0.05, 0.1) is 5.92 Å². The van der Waals surface area contributed by atoms with Gasteiger partial charge in [0, 0.05) is 17.0 Å². The first-order valence-electron chi connectivity index (χ1n) is 28.4. The highest BCUT2D eigenvalue weighted by Crippen LogP contribution is 2.39. The van der Waals surface area contributed by atoms with Crippen LogP contribution in [0, 0.1) is 40.4 Å². The van der Waals surface area contributed by atoms with E-state index in [1.54, 1.807) is 48.5 Å². The molecule has 0 N–H and O–H groups in total. The Morgan fingerprint density at radius 1 is 0.418 bits per heavy atom. The van der Waals surface area contributed by atoms with Crippen molar-refractivity contribution in [2.24, 2.45) is 40.4 Å². The average molecular weight is 1000 g/mol. The summed E-state index contributed by atoms with van der Waals surface area (Å²) in [5.41, 5.74) is -1.11. The Kier molecular flexibility index (Phi) is 89.6. The highest BCUT2D eigenvalue weighted by Gasteiger charge is 2.38. The van der Waals surface area contributed by atoms with Crippen molar-refractivity contribution in [3.05, 3.63) is 0 Å². The zero-order valence-corrected chi connectivity index (χ0v) is 51.2. The van der Waals surface area contributed by atoms with E-state index >= 15 is 0 Å². The van der Waals surface area contributed by atoms with Gasteiger partial charge >= 0.3 is 18.5 Å². The van der Waals surface area contributed by atoms with E-state index in [4.69, 9.17) is 4.11 Å². The molecule has 1 unspecified atom stereocenters. The average Bonchev–Trinajstić information content (AvgIpc) is 3.20. The Morgan fingerprint density at radius 3 is 0.657 bits per heavy atom. The van der Waals surface area contributed by atoms with Gasteiger partial charge in [0.2, 0.25) is 0 Å². The summed E-state index contributed by atoms with van der Waals surface area (Å²) < 4.78 is 127. The van der Waals surface area contributed by atoms with E-state index in [2.05, 4.69) is 104 Å². The van der Waals surface area contributed by atoms with Crippen LogP contribution in [0.2, 0.25) is 0 Å². The van der Waals surface area contributed by atoms with Gasteiger partial charge in [-0.2, -0.15) is 39.5 Å². The second kappa shape index (κ2) is 69.6. The highest BCUT2D eigenvalue weighted by molar-refractivity contribution is 4.75. The molecule has 9 heteroatoms. The molecule has 0 spiro atoms. The SMILES string of the molecule is CC.CC(C)C.CCC.CCC(C)(CC)CC(F)(F)F.CCC(C)(CC)CC(F)(F)F.CCC(C)C.CCC(C)C(F)(F)F.CCCC.CCCC(C)C.CCCCC.[2H]C(C)(C)C.[2H]C([2H])(C)CC. The summed E-state index contributed by atoms with van der Waals surface area (Å²) in [7, 11) is 0. The number of hydrogen-bond acceptors (Lipinski definition) is 0. The van der Waals surface area contributed by atoms with Crippen LogP contribution < -0.4 is 0 Å². The van der Waals surface area contributed by atoms with Crippen LogP contribution in [0.5, 0.6) is 0 Å². The van der Waals surface area contributed by atoms with Crippen LogP contribution in [0.15, 0.2) is 0 Å². The van der Waals surface area contributed by atoms with Crippen LogP contribution in [0.3, 0.4) is 0 Å². The first-order valence-corrected chi connectivity index (χ1v) is 26.9. The lowest BCUT2D eigenvalue weighted by Gasteiger charge is -2.27. The summed E-state index contributed by atoms with van der Waals surface area (Å²) in [4.78, 5) is 0. The van der Waals surface area contributed by atoms with Gasteiger partial charge in [0.15, 0.2) is 0 Å². The molecule has 0 aromatic rings. The summed E-state index contributed by atoms with van der Waals surface area (Å²) in [5, 5.41) is 0. The summed E-state index contributed by atoms with van der Waals surface area (Å²) in [5.74, 6) is 1.22. The second-order valence-electron chi connectivity index (χ2n) is 19.5. The zero-order chi connectivity index (χ0) is 59.8. The van der Waals surface area contributed by atoms with Gasteiger partial charge in [-0.3, -0.25) is 0 Å². The first kappa shape index (κ1) is 86.2. The predicted molar refractivity (Wildman–Crippen MR) is 294 cm³/mol. The molecule has 0 nitrogen and oxygen atoms in total. The molecule has 0 rings (SSSR count). The van der Waals surface area contributed by atoms with Gasteiger partial charge in [-0.05, 0) is 40.9 Å². The molecule has 1 atom stereocenters. The summed E-state index contributed by atoms with van der Waals surface area (Å²) in [6.07, 6.45) is 0.801. The van der Waals surface area contributed by atoms with E-state index in [0.29, 0.717) is 32.1 Å². The van der Waals surface area contributed by atoms with Crippen molar-refractivity contribution >= 4 is 0 Å². The normalized spacial score (nSPS) is 12.0. The molecular formula is C58H131F9. The van der Waals surface area contributed by atoms with E-state index in [1.165, 1.54) is 71.6 Å². The van der Waals surface area contributed by atoms with Crippen LogP contribution in [-0.2, 0) is 0 Å². The molecule has 0 heterocycles. The molecule has 0 fully saturated rings. The van der Waals surface area contributed by atoms with E-state index < -0.39 is 54.5 Å². The minimum Gasteiger partial charge on any atom is -0.171 e. The van der Waals surface area contributed by atoms with Crippen molar-refractivity contribution in [1.82, 2.24) is 0 Å². The molecule has 0 saturated carbocycles. The van der Waals surface area contributed by atoms with E-state index in [0.717, 1.165) is 17.8 Å². The molecule has 0 aliphatic heterocycles. The Morgan fingerprint density at radius 2 is 0.642 bits per heavy atom. The molecule has 0 aliphatic carbocycles. The van der Waals surface area contributed by atoms with Gasteiger partial charge in [-0.15, -0.1) is 0 Å². The van der Waals surface area contributed by atoms with E-state index in [9.17, 15) is 39.5 Å². The standard InChI is InChI=1S/2C8H15F3.C6H14.C5H9F3.2C5H12.4C4H10.C3H8.C2H6/c2*1-4-7(3,5-2)6-8(9,10)11;1-4-5-6(2)3;1-3-4(2)5(6,7)8;1-4-5(2)3;1-3-5-4-2;2*1-4(2)3;2*1-3-4-2;1-3-2;1-2/h2*4-6H2,1-3H3;6H,4-5H2,1-3H3;4H,3H2,1-2H3;5H,4H2,1-3H3;3-5H2,1-2H3;2*4H,1-3H3;2*3-4H2,1-2H3;3H2,1-2H3;1-2H3/i;;;;;;4D;;3D2;;;. The van der Waals surface area contributed by atoms with Crippen molar-refractivity contribution < 1.29 is 43.6 Å². The fourth-order valence-electron chi connectivity index (χ4n) is 3.13. The minimum absolute atomic E-state index is 0.170. The predicted octanol–water partition coefficient (Wildman–Crippen LogP) is 26.2. The summed E-state index contributed by atoms with van der Waals surface area (Å²) >= 11 is 0. The first-order chi connectivity index (χ1) is 31.2. The van der Waals surface area contributed by atoms with Crippen LogP contribution >= 0.6 is 0 Å². The second-order valence-corrected chi connectivity index (χ2v) is 19.5. The molecule has 0 radical (unpaired) electrons. The number of unbranched alkanes of at least 4 members (excludes halogenated alkanes) is 3. The molecule has 0 bridgehead atoms. The Hall–Kier alpha value is -0.630. The third-order valence-electron chi connectivity index (χ3n) is 9.08. The number of alkyl halides is 9. The van der Waals surface area contributed by atoms with Crippen LogP contribution in [0.4, 0.5) is 39.5 Å². The van der Waals surface area contributed by atoms with Crippen molar-refractivity contribution in [1.29, 1.82) is 0 Å². The van der Waals surface area contributed by atoms with Crippen molar-refractivity contribution in [3.8, 4) is 0 Å². The van der Waals surface area contributed by atoms with Crippen molar-refractivity contribution in [3.63, 3.8) is 0 Å². The van der Waals surface area contributed by atoms with E-state index in [-0.39, 0.29) is 12.3 Å². The quantitative estimate of drug-likeness (QED) is 0.152. The molecule has 426 valence electrons. The molecular weight excluding hydrogens is 868 g/mol. The summed E-state index contributed by atoms with van der Waals surface area (Å²) in [6, 6.07) is 0. The fraction of sp³-hybridized carbons (Fsp3) is 1.00. The molecule has 0 aromatic carbocycles. The largest absolute Gasteiger partial charge is 0.391 e. The third kappa shape index (κ3) is 161. The van der Waals surface area contributed by atoms with Crippen molar-refractivity contribution in [2.45, 2.75) is 342 Å². The Balaban J connectivity index is -0.0000000538. The maximum absolute atomic E-state index is 11.9. The van der Waals surface area contributed by atoms with Gasteiger partial charge in [0.1, 0.15) is 0 Å². The maximum Gasteiger partial charge on any atom is 0.391 e. The van der Waals surface area contributed by atoms with Crippen LogP contribution in [0.1, 0.15) is 327 Å². The van der Waals surface area contributed by atoms with Crippen LogP contribution in [-0.4, -0.2) is 18.5 Å². The molecule has 0 amide bonds. The zero-order valence-electron chi connectivity index (χ0n) is 54.2. The van der Waals surface area contributed by atoms with Gasteiger partial charge in [0.25, 0.3) is 0 Å². The number of halogens is 9. The smallest absolute Gasteiger partial charge is 0.171 e. The lowest BCUT2D eigenvalue weighted by atomic mass is 9.81. The highest BCUT2D eigenvalue weighted by atomic mass is 19.4. The number of rotatable bonds is 14. The van der Waals surface area contributed by atoms with Crippen molar-refractivity contribution in [2.75, 3.05) is 0 Å². The minimum atomic E-state index is -4.01. The lowest BCUT2D eigenvalue weighted by Crippen LogP contribution is -2.23. The molecule has 0 aliphatic rings. The fourth-order valence-corrected chi connectivity index (χ4v) is 3.13. The molecule has 0 saturated heterocycles. The Labute approximate surface area is 424 Å². The summed E-state index contributed by atoms with van der Waals surface area (Å²) in [6.45, 7) is 59.2. The maximum atomic E-state index is 11.9. The third-order valence-corrected chi connectivity index (χ3v) is 9.08. The topological polar surface area (TPSA) is 0 Å². The van der Waals surface area contributed by atoms with Gasteiger partial charge in [-0.1, -0.05) is 304 Å². The Bertz CT molecular complexity index is 821. The van der Waals surface area contributed by atoms with Gasteiger partial charge in [-0.25, -0.2) is 0 Å². The lowest BCUT2D eigenvalue weighted by molar-refractivity contribution is -0.170. The van der Waals surface area contributed by atoms with E-state index in [1.807, 2.05) is 41.5 Å². The van der Waals surface area contributed by atoms with Crippen LogP contribution in [0.25, 0.3) is 0 Å². The monoisotopic (exact) mass is 1000 g/mol. The molecule has 0 aromatic heterocycles. The number of hydrogen-bond donors (Lipinski definition) is 0. The molecule has 67 heavy (non-hydrogen) atoms. The van der Waals surface area contributed by atoms with Gasteiger partial charge < -0.3 is 0 Å².